The van der Waals surface area contributed by atoms with E-state index in [9.17, 15) is 9.59 Å². The van der Waals surface area contributed by atoms with Crippen molar-refractivity contribution in [3.63, 3.8) is 0 Å². The van der Waals surface area contributed by atoms with E-state index in [-0.39, 0.29) is 12.3 Å². The molecular weight excluding hydrogens is 278 g/mol. The molecule has 1 aliphatic rings. The molecule has 0 radical (unpaired) electrons. The summed E-state index contributed by atoms with van der Waals surface area (Å²) < 4.78 is 0. The number of carbonyl (C=O) groups excluding carboxylic acids is 1. The number of aliphatic carboxylic acids is 1. The summed E-state index contributed by atoms with van der Waals surface area (Å²) in [4.78, 5) is 23.0. The van der Waals surface area contributed by atoms with Crippen molar-refractivity contribution in [3.05, 3.63) is 35.4 Å². The van der Waals surface area contributed by atoms with Gasteiger partial charge in [-0.15, -0.1) is 0 Å². The second-order valence-electron chi connectivity index (χ2n) is 6.65. The van der Waals surface area contributed by atoms with Crippen LogP contribution in [0.4, 0.5) is 0 Å². The fraction of sp³-hybridized carbons (Fsp3) is 0.556. The SMILES string of the molecule is CC(C)c1ccc(CCC(=O)NC2(CC(=O)O)CCC2)cc1. The number of aryl methyl sites for hydroxylation is 1. The summed E-state index contributed by atoms with van der Waals surface area (Å²) >= 11 is 0. The molecule has 1 aromatic carbocycles. The van der Waals surface area contributed by atoms with Crippen LogP contribution in [0, 0.1) is 0 Å². The van der Waals surface area contributed by atoms with Crippen molar-refractivity contribution >= 4 is 11.9 Å². The van der Waals surface area contributed by atoms with E-state index < -0.39 is 11.5 Å². The van der Waals surface area contributed by atoms with Crippen molar-refractivity contribution in [2.75, 3.05) is 0 Å². The second kappa shape index (κ2) is 6.95. The van der Waals surface area contributed by atoms with Crippen LogP contribution in [0.15, 0.2) is 24.3 Å². The van der Waals surface area contributed by atoms with Gasteiger partial charge in [0.15, 0.2) is 0 Å². The summed E-state index contributed by atoms with van der Waals surface area (Å²) in [6.45, 7) is 4.31. The number of benzene rings is 1. The van der Waals surface area contributed by atoms with E-state index in [0.717, 1.165) is 24.8 Å². The van der Waals surface area contributed by atoms with Crippen molar-refractivity contribution in [1.29, 1.82) is 0 Å². The van der Waals surface area contributed by atoms with Gasteiger partial charge in [0.1, 0.15) is 0 Å². The number of carboxylic acids is 1. The van der Waals surface area contributed by atoms with Gasteiger partial charge in [0.25, 0.3) is 0 Å². The van der Waals surface area contributed by atoms with Crippen LogP contribution >= 0.6 is 0 Å². The van der Waals surface area contributed by atoms with Crippen LogP contribution in [0.5, 0.6) is 0 Å². The maximum Gasteiger partial charge on any atom is 0.305 e. The Kier molecular flexibility index (Phi) is 5.22. The quantitative estimate of drug-likeness (QED) is 0.812. The van der Waals surface area contributed by atoms with Crippen molar-refractivity contribution in [2.24, 2.45) is 0 Å². The highest BCUT2D eigenvalue weighted by molar-refractivity contribution is 5.78. The zero-order chi connectivity index (χ0) is 16.2. The molecule has 1 aromatic rings. The van der Waals surface area contributed by atoms with E-state index in [0.29, 0.717) is 18.8 Å². The number of hydrogen-bond acceptors (Lipinski definition) is 2. The van der Waals surface area contributed by atoms with Crippen LogP contribution in [-0.2, 0) is 16.0 Å². The second-order valence-corrected chi connectivity index (χ2v) is 6.65. The molecule has 1 aliphatic carbocycles. The lowest BCUT2D eigenvalue weighted by Gasteiger charge is -2.41. The molecule has 0 saturated heterocycles. The Morgan fingerprint density at radius 1 is 1.23 bits per heavy atom. The number of nitrogens with one attached hydrogen (secondary N) is 1. The number of carboxylic acid groups (broad SMARTS) is 1. The number of rotatable bonds is 7. The first-order valence-corrected chi connectivity index (χ1v) is 8.02. The Balaban J connectivity index is 1.83. The van der Waals surface area contributed by atoms with Crippen molar-refractivity contribution in [2.45, 2.75) is 63.8 Å². The summed E-state index contributed by atoms with van der Waals surface area (Å²) in [7, 11) is 0. The Morgan fingerprint density at radius 3 is 2.32 bits per heavy atom. The molecule has 2 rings (SSSR count). The van der Waals surface area contributed by atoms with Gasteiger partial charge in [-0.25, -0.2) is 0 Å². The average molecular weight is 303 g/mol. The van der Waals surface area contributed by atoms with Gasteiger partial charge in [-0.05, 0) is 42.7 Å². The van der Waals surface area contributed by atoms with Crippen LogP contribution in [0.1, 0.15) is 63.0 Å². The predicted octanol–water partition coefficient (Wildman–Crippen LogP) is 3.26. The van der Waals surface area contributed by atoms with E-state index >= 15 is 0 Å². The van der Waals surface area contributed by atoms with Gasteiger partial charge in [0.2, 0.25) is 5.91 Å². The number of hydrogen-bond donors (Lipinski definition) is 2. The lowest BCUT2D eigenvalue weighted by atomic mass is 9.74. The molecule has 120 valence electrons. The maximum atomic E-state index is 12.1. The Labute approximate surface area is 131 Å². The standard InChI is InChI=1S/C18H25NO3/c1-13(2)15-7-4-14(5-8-15)6-9-16(20)19-18(10-3-11-18)12-17(21)22/h4-5,7-8,13H,3,6,9-12H2,1-2H3,(H,19,20)(H,21,22). The van der Waals surface area contributed by atoms with Crippen LogP contribution in [0.3, 0.4) is 0 Å². The van der Waals surface area contributed by atoms with Crippen molar-refractivity contribution in [1.82, 2.24) is 5.32 Å². The molecule has 0 aromatic heterocycles. The normalized spacial score (nSPS) is 16.1. The van der Waals surface area contributed by atoms with Crippen LogP contribution in [0.2, 0.25) is 0 Å². The first-order chi connectivity index (χ1) is 10.4. The summed E-state index contributed by atoms with van der Waals surface area (Å²) in [6, 6.07) is 8.35. The van der Waals surface area contributed by atoms with Crippen LogP contribution in [-0.4, -0.2) is 22.5 Å². The molecule has 1 fully saturated rings. The topological polar surface area (TPSA) is 66.4 Å². The minimum absolute atomic E-state index is 0.0296. The zero-order valence-corrected chi connectivity index (χ0v) is 13.4. The molecule has 0 atom stereocenters. The minimum atomic E-state index is -0.843. The third-order valence-corrected chi connectivity index (χ3v) is 4.49. The fourth-order valence-corrected chi connectivity index (χ4v) is 2.92. The fourth-order valence-electron chi connectivity index (χ4n) is 2.92. The number of carbonyl (C=O) groups is 2. The van der Waals surface area contributed by atoms with Gasteiger partial charge in [-0.3, -0.25) is 9.59 Å². The molecule has 0 spiro atoms. The Hall–Kier alpha value is -1.84. The van der Waals surface area contributed by atoms with Crippen LogP contribution < -0.4 is 5.32 Å². The summed E-state index contributed by atoms with van der Waals surface area (Å²) in [6.07, 6.45) is 3.66. The van der Waals surface area contributed by atoms with E-state index in [2.05, 4.69) is 43.4 Å². The van der Waals surface area contributed by atoms with Crippen molar-refractivity contribution < 1.29 is 14.7 Å². The predicted molar refractivity (Wildman–Crippen MR) is 85.8 cm³/mol. The lowest BCUT2D eigenvalue weighted by Crippen LogP contribution is -2.54. The smallest absolute Gasteiger partial charge is 0.305 e. The molecule has 0 unspecified atom stereocenters. The highest BCUT2D eigenvalue weighted by Gasteiger charge is 2.40. The molecule has 1 saturated carbocycles. The monoisotopic (exact) mass is 303 g/mol. The van der Waals surface area contributed by atoms with Gasteiger partial charge in [-0.1, -0.05) is 38.1 Å². The van der Waals surface area contributed by atoms with Crippen molar-refractivity contribution in [3.8, 4) is 0 Å². The first kappa shape index (κ1) is 16.5. The molecule has 4 heteroatoms. The lowest BCUT2D eigenvalue weighted by molar-refractivity contribution is -0.140. The third-order valence-electron chi connectivity index (χ3n) is 4.49. The largest absolute Gasteiger partial charge is 0.481 e. The van der Waals surface area contributed by atoms with E-state index in [1.54, 1.807) is 0 Å². The highest BCUT2D eigenvalue weighted by atomic mass is 16.4. The van der Waals surface area contributed by atoms with Gasteiger partial charge in [0.05, 0.1) is 12.0 Å². The Morgan fingerprint density at radius 2 is 1.86 bits per heavy atom. The molecule has 0 heterocycles. The number of amides is 1. The summed E-state index contributed by atoms with van der Waals surface area (Å²) in [5, 5.41) is 11.9. The van der Waals surface area contributed by atoms with Gasteiger partial charge < -0.3 is 10.4 Å². The molecule has 2 N–H and O–H groups in total. The van der Waals surface area contributed by atoms with Gasteiger partial charge in [0, 0.05) is 6.42 Å². The van der Waals surface area contributed by atoms with Crippen LogP contribution in [0.25, 0.3) is 0 Å². The molecule has 0 bridgehead atoms. The first-order valence-electron chi connectivity index (χ1n) is 8.02. The zero-order valence-electron chi connectivity index (χ0n) is 13.4. The molecule has 4 nitrogen and oxygen atoms in total. The van der Waals surface area contributed by atoms with Gasteiger partial charge >= 0.3 is 5.97 Å². The molecule has 1 amide bonds. The Bertz CT molecular complexity index is 530. The van der Waals surface area contributed by atoms with E-state index in [4.69, 9.17) is 5.11 Å². The van der Waals surface area contributed by atoms with Gasteiger partial charge in [-0.2, -0.15) is 0 Å². The van der Waals surface area contributed by atoms with E-state index in [1.165, 1.54) is 5.56 Å². The molecule has 22 heavy (non-hydrogen) atoms. The third kappa shape index (κ3) is 4.33. The molecular formula is C18H25NO3. The van der Waals surface area contributed by atoms with E-state index in [1.807, 2.05) is 0 Å². The average Bonchev–Trinajstić information content (AvgIpc) is 2.42. The maximum absolute atomic E-state index is 12.1. The summed E-state index contributed by atoms with van der Waals surface area (Å²) in [5.74, 6) is -0.384. The highest BCUT2D eigenvalue weighted by Crippen LogP contribution is 2.35. The summed E-state index contributed by atoms with van der Waals surface area (Å²) in [5.41, 5.74) is 1.94. The minimum Gasteiger partial charge on any atom is -0.481 e. The molecule has 0 aliphatic heterocycles.